The van der Waals surface area contributed by atoms with Gasteiger partial charge in [-0.3, -0.25) is 9.89 Å². The summed E-state index contributed by atoms with van der Waals surface area (Å²) in [5.74, 6) is 2.59. The molecular weight excluding hydrogens is 216 g/mol. The molecule has 3 atom stereocenters. The molecule has 0 bridgehead atoms. The van der Waals surface area contributed by atoms with Crippen molar-refractivity contribution in [3.05, 3.63) is 11.6 Å². The topological polar surface area (TPSA) is 70.7 Å². The number of hydrogen-bond donors (Lipinski definition) is 2. The van der Waals surface area contributed by atoms with E-state index in [1.807, 2.05) is 6.92 Å². The highest BCUT2D eigenvalue weighted by Gasteiger charge is 2.40. The Morgan fingerprint density at radius 1 is 1.53 bits per heavy atom. The van der Waals surface area contributed by atoms with Gasteiger partial charge in [0.2, 0.25) is 5.91 Å². The highest BCUT2D eigenvalue weighted by molar-refractivity contribution is 5.81. The molecule has 1 aromatic heterocycles. The van der Waals surface area contributed by atoms with Crippen molar-refractivity contribution in [3.8, 4) is 0 Å². The number of hydrogen-bond acceptors (Lipinski definition) is 3. The van der Waals surface area contributed by atoms with Crippen molar-refractivity contribution in [2.24, 2.45) is 17.8 Å². The fraction of sp³-hybridized carbons (Fsp3) is 0.750. The van der Waals surface area contributed by atoms with Crippen LogP contribution in [0.5, 0.6) is 0 Å². The predicted octanol–water partition coefficient (Wildman–Crippen LogP) is 1.58. The van der Waals surface area contributed by atoms with E-state index in [1.165, 1.54) is 0 Å². The largest absolute Gasteiger partial charge is 0.345 e. The molecule has 2 N–H and O–H groups in total. The van der Waals surface area contributed by atoms with Crippen molar-refractivity contribution in [1.29, 1.82) is 0 Å². The van der Waals surface area contributed by atoms with Crippen molar-refractivity contribution >= 4 is 5.91 Å². The van der Waals surface area contributed by atoms with Gasteiger partial charge in [0, 0.05) is 5.92 Å². The minimum absolute atomic E-state index is 0.0970. The Labute approximate surface area is 101 Å². The zero-order valence-corrected chi connectivity index (χ0v) is 10.8. The van der Waals surface area contributed by atoms with Crippen LogP contribution in [-0.4, -0.2) is 21.1 Å². The van der Waals surface area contributed by atoms with Crippen LogP contribution in [-0.2, 0) is 4.79 Å². The van der Waals surface area contributed by atoms with Crippen LogP contribution in [0.2, 0.25) is 0 Å². The van der Waals surface area contributed by atoms with Gasteiger partial charge in [0.1, 0.15) is 5.82 Å². The first-order valence-electron chi connectivity index (χ1n) is 6.18. The average Bonchev–Trinajstić information content (AvgIpc) is 2.83. The van der Waals surface area contributed by atoms with Gasteiger partial charge < -0.3 is 5.32 Å². The van der Waals surface area contributed by atoms with Crippen LogP contribution in [0.4, 0.5) is 0 Å². The molecule has 1 aliphatic rings. The Hall–Kier alpha value is -1.39. The summed E-state index contributed by atoms with van der Waals surface area (Å²) in [6, 6.07) is -0.0970. The average molecular weight is 236 g/mol. The van der Waals surface area contributed by atoms with Gasteiger partial charge >= 0.3 is 0 Å². The molecule has 1 amide bonds. The standard InChI is InChI=1S/C12H20N4O/c1-6(2)10(11-13-8(4)15-16-11)14-12(17)9-5-7(9)3/h6-7,9-10H,5H2,1-4H3,(H,14,17)(H,13,15,16)/t7-,9-,10+/m0/s1. The summed E-state index contributed by atoms with van der Waals surface area (Å²) >= 11 is 0. The van der Waals surface area contributed by atoms with E-state index in [0.29, 0.717) is 11.7 Å². The second kappa shape index (κ2) is 4.47. The zero-order chi connectivity index (χ0) is 12.6. The first kappa shape index (κ1) is 12.1. The molecule has 1 heterocycles. The highest BCUT2D eigenvalue weighted by Crippen LogP contribution is 2.38. The van der Waals surface area contributed by atoms with E-state index in [0.717, 1.165) is 12.2 Å². The highest BCUT2D eigenvalue weighted by atomic mass is 16.2. The van der Waals surface area contributed by atoms with Crippen LogP contribution in [0.1, 0.15) is 44.9 Å². The normalized spacial score (nSPS) is 24.8. The van der Waals surface area contributed by atoms with E-state index in [4.69, 9.17) is 0 Å². The molecule has 1 fully saturated rings. The van der Waals surface area contributed by atoms with Crippen LogP contribution in [0.15, 0.2) is 0 Å². The Morgan fingerprint density at radius 2 is 2.18 bits per heavy atom. The summed E-state index contributed by atoms with van der Waals surface area (Å²) < 4.78 is 0. The second-order valence-electron chi connectivity index (χ2n) is 5.33. The van der Waals surface area contributed by atoms with Crippen LogP contribution >= 0.6 is 0 Å². The third-order valence-corrected chi connectivity index (χ3v) is 3.30. The maximum Gasteiger partial charge on any atom is 0.223 e. The molecule has 94 valence electrons. The molecule has 5 nitrogen and oxygen atoms in total. The number of aromatic amines is 1. The van der Waals surface area contributed by atoms with Gasteiger partial charge in [-0.05, 0) is 25.2 Å². The first-order valence-corrected chi connectivity index (χ1v) is 6.18. The quantitative estimate of drug-likeness (QED) is 0.833. The van der Waals surface area contributed by atoms with Gasteiger partial charge in [-0.2, -0.15) is 5.10 Å². The van der Waals surface area contributed by atoms with Crippen molar-refractivity contribution in [3.63, 3.8) is 0 Å². The number of rotatable bonds is 4. The van der Waals surface area contributed by atoms with Crippen LogP contribution in [0, 0.1) is 24.7 Å². The van der Waals surface area contributed by atoms with Crippen LogP contribution in [0.25, 0.3) is 0 Å². The molecule has 1 saturated carbocycles. The Balaban J connectivity index is 2.05. The zero-order valence-electron chi connectivity index (χ0n) is 10.8. The van der Waals surface area contributed by atoms with Crippen LogP contribution < -0.4 is 5.32 Å². The van der Waals surface area contributed by atoms with Crippen LogP contribution in [0.3, 0.4) is 0 Å². The van der Waals surface area contributed by atoms with Gasteiger partial charge in [0.15, 0.2) is 5.82 Å². The monoisotopic (exact) mass is 236 g/mol. The second-order valence-corrected chi connectivity index (χ2v) is 5.33. The van der Waals surface area contributed by atoms with Crippen molar-refractivity contribution in [2.45, 2.75) is 40.2 Å². The molecule has 1 aliphatic carbocycles. The number of H-pyrrole nitrogens is 1. The molecule has 0 spiro atoms. The van der Waals surface area contributed by atoms with E-state index < -0.39 is 0 Å². The molecule has 2 rings (SSSR count). The number of aryl methyl sites for hydroxylation is 1. The van der Waals surface area contributed by atoms with E-state index in [2.05, 4.69) is 41.3 Å². The van der Waals surface area contributed by atoms with Crippen molar-refractivity contribution < 1.29 is 4.79 Å². The maximum absolute atomic E-state index is 11.9. The summed E-state index contributed by atoms with van der Waals surface area (Å²) in [7, 11) is 0. The minimum atomic E-state index is -0.0970. The molecular formula is C12H20N4O. The number of carbonyl (C=O) groups is 1. The lowest BCUT2D eigenvalue weighted by atomic mass is 10.0. The van der Waals surface area contributed by atoms with E-state index >= 15 is 0 Å². The predicted molar refractivity (Wildman–Crippen MR) is 64.1 cm³/mol. The summed E-state index contributed by atoms with van der Waals surface area (Å²) in [5, 5.41) is 10.0. The lowest BCUT2D eigenvalue weighted by Gasteiger charge is -2.19. The summed E-state index contributed by atoms with van der Waals surface area (Å²) in [6.45, 7) is 8.09. The number of nitrogens with zero attached hydrogens (tertiary/aromatic N) is 2. The van der Waals surface area contributed by atoms with E-state index in [1.54, 1.807) is 0 Å². The number of amides is 1. The van der Waals surface area contributed by atoms with E-state index in [9.17, 15) is 4.79 Å². The minimum Gasteiger partial charge on any atom is -0.345 e. The van der Waals surface area contributed by atoms with Crippen molar-refractivity contribution in [1.82, 2.24) is 20.5 Å². The Bertz CT molecular complexity index is 412. The molecule has 0 unspecified atom stereocenters. The number of nitrogens with one attached hydrogen (secondary N) is 2. The lowest BCUT2D eigenvalue weighted by Crippen LogP contribution is -2.33. The van der Waals surface area contributed by atoms with Gasteiger partial charge in [-0.15, -0.1) is 0 Å². The molecule has 0 saturated heterocycles. The van der Waals surface area contributed by atoms with Gasteiger partial charge in [0.25, 0.3) is 0 Å². The SMILES string of the molecule is Cc1nc([C@H](NC(=O)[C@H]2C[C@@H]2C)C(C)C)n[nH]1. The van der Waals surface area contributed by atoms with Gasteiger partial charge in [-0.25, -0.2) is 4.98 Å². The number of aromatic nitrogens is 3. The molecule has 1 aromatic rings. The third kappa shape index (κ3) is 2.65. The number of carbonyl (C=O) groups excluding carboxylic acids is 1. The van der Waals surface area contributed by atoms with Gasteiger partial charge in [0.05, 0.1) is 6.04 Å². The fourth-order valence-corrected chi connectivity index (χ4v) is 1.98. The third-order valence-electron chi connectivity index (χ3n) is 3.30. The Morgan fingerprint density at radius 3 is 2.59 bits per heavy atom. The Kier molecular flexibility index (Phi) is 3.17. The first-order chi connectivity index (χ1) is 7.99. The summed E-state index contributed by atoms with van der Waals surface area (Å²) in [4.78, 5) is 16.2. The van der Waals surface area contributed by atoms with Crippen molar-refractivity contribution in [2.75, 3.05) is 0 Å². The fourth-order valence-electron chi connectivity index (χ4n) is 1.98. The molecule has 0 aliphatic heterocycles. The molecule has 17 heavy (non-hydrogen) atoms. The summed E-state index contributed by atoms with van der Waals surface area (Å²) in [5.41, 5.74) is 0. The lowest BCUT2D eigenvalue weighted by molar-refractivity contribution is -0.123. The molecule has 5 heteroatoms. The summed E-state index contributed by atoms with van der Waals surface area (Å²) in [6.07, 6.45) is 1.00. The maximum atomic E-state index is 11.9. The van der Waals surface area contributed by atoms with E-state index in [-0.39, 0.29) is 23.8 Å². The molecule has 0 aromatic carbocycles. The smallest absolute Gasteiger partial charge is 0.223 e. The molecule has 0 radical (unpaired) electrons. The van der Waals surface area contributed by atoms with Gasteiger partial charge in [-0.1, -0.05) is 20.8 Å².